The number of sulfone groups is 1. The summed E-state index contributed by atoms with van der Waals surface area (Å²) in [7, 11) is -6.39. The molecule has 1 atom stereocenters. The van der Waals surface area contributed by atoms with Crippen LogP contribution in [0.15, 0.2) is 23.1 Å². The molecule has 1 aromatic rings. The van der Waals surface area contributed by atoms with Crippen LogP contribution in [0.4, 0.5) is 0 Å². The van der Waals surface area contributed by atoms with Crippen LogP contribution < -0.4 is 0 Å². The van der Waals surface area contributed by atoms with Crippen molar-refractivity contribution < 1.29 is 16.8 Å². The summed E-state index contributed by atoms with van der Waals surface area (Å²) >= 11 is 0. The summed E-state index contributed by atoms with van der Waals surface area (Å²) in [5.41, 5.74) is 2.03. The fourth-order valence-corrected chi connectivity index (χ4v) is 6.67. The van der Waals surface area contributed by atoms with E-state index < -0.39 is 19.9 Å². The summed E-state index contributed by atoms with van der Waals surface area (Å²) in [5, 5.41) is 0. The van der Waals surface area contributed by atoms with E-state index in [9.17, 15) is 16.8 Å². The maximum atomic E-state index is 12.8. The first-order valence-electron chi connectivity index (χ1n) is 8.21. The van der Waals surface area contributed by atoms with Gasteiger partial charge in [-0.2, -0.15) is 4.31 Å². The van der Waals surface area contributed by atoms with Gasteiger partial charge in [-0.05, 0) is 43.5 Å². The normalized spacial score (nSPS) is 25.8. The maximum absolute atomic E-state index is 12.8. The Morgan fingerprint density at radius 3 is 2.25 bits per heavy atom. The molecule has 24 heavy (non-hydrogen) atoms. The molecule has 1 aromatic carbocycles. The Bertz CT molecular complexity index is 826. The highest BCUT2D eigenvalue weighted by Crippen LogP contribution is 2.23. The lowest BCUT2D eigenvalue weighted by molar-refractivity contribution is 0.148. The second-order valence-electron chi connectivity index (χ2n) is 6.74. The number of aryl methyl sites for hydroxylation is 2. The Kier molecular flexibility index (Phi) is 4.76. The molecule has 0 amide bonds. The number of hydrogen-bond acceptors (Lipinski definition) is 5. The van der Waals surface area contributed by atoms with Crippen LogP contribution in [0.1, 0.15) is 17.5 Å². The van der Waals surface area contributed by atoms with Gasteiger partial charge >= 0.3 is 0 Å². The average molecular weight is 373 g/mol. The van der Waals surface area contributed by atoms with Gasteiger partial charge in [-0.15, -0.1) is 0 Å². The Balaban J connectivity index is 1.68. The molecule has 0 N–H and O–H groups in total. The average Bonchev–Trinajstić information content (AvgIpc) is 2.90. The lowest BCUT2D eigenvalue weighted by Gasteiger charge is -2.37. The standard InChI is InChI=1S/C16H24N2O4S2/c1-13-3-4-16(11-14(13)2)24(21,22)18-8-6-17(7-9-18)15-5-10-23(19,20)12-15/h3-4,11,15H,5-10,12H2,1-2H3/t15-/m1/s1. The van der Waals surface area contributed by atoms with Crippen LogP contribution in [0.5, 0.6) is 0 Å². The van der Waals surface area contributed by atoms with Gasteiger partial charge in [-0.25, -0.2) is 16.8 Å². The van der Waals surface area contributed by atoms with Crippen LogP contribution in [-0.4, -0.2) is 69.8 Å². The van der Waals surface area contributed by atoms with Crippen LogP contribution in [0.2, 0.25) is 0 Å². The van der Waals surface area contributed by atoms with Crippen molar-refractivity contribution >= 4 is 19.9 Å². The third kappa shape index (κ3) is 3.51. The van der Waals surface area contributed by atoms with Gasteiger partial charge < -0.3 is 0 Å². The quantitative estimate of drug-likeness (QED) is 0.784. The fourth-order valence-electron chi connectivity index (χ4n) is 3.40. The number of sulfonamides is 1. The van der Waals surface area contributed by atoms with Gasteiger partial charge in [0, 0.05) is 32.2 Å². The van der Waals surface area contributed by atoms with Crippen molar-refractivity contribution in [1.82, 2.24) is 9.21 Å². The number of piperazine rings is 1. The molecule has 2 saturated heterocycles. The molecule has 134 valence electrons. The topological polar surface area (TPSA) is 74.8 Å². The zero-order valence-electron chi connectivity index (χ0n) is 14.1. The summed E-state index contributed by atoms with van der Waals surface area (Å²) in [6.45, 7) is 5.86. The lowest BCUT2D eigenvalue weighted by Crippen LogP contribution is -2.52. The van der Waals surface area contributed by atoms with Crippen molar-refractivity contribution in [3.05, 3.63) is 29.3 Å². The van der Waals surface area contributed by atoms with E-state index in [1.807, 2.05) is 19.9 Å². The summed E-state index contributed by atoms with van der Waals surface area (Å²) in [6, 6.07) is 5.26. The molecule has 2 heterocycles. The van der Waals surface area contributed by atoms with Gasteiger partial charge in [0.1, 0.15) is 0 Å². The molecule has 0 aliphatic carbocycles. The predicted octanol–water partition coefficient (Wildman–Crippen LogP) is 0.797. The van der Waals surface area contributed by atoms with E-state index in [1.54, 1.807) is 12.1 Å². The van der Waals surface area contributed by atoms with Crippen molar-refractivity contribution in [3.8, 4) is 0 Å². The number of hydrogen-bond donors (Lipinski definition) is 0. The van der Waals surface area contributed by atoms with Crippen molar-refractivity contribution in [2.45, 2.75) is 31.2 Å². The largest absolute Gasteiger partial charge is 0.297 e. The Hall–Kier alpha value is -0.960. The highest BCUT2D eigenvalue weighted by molar-refractivity contribution is 7.91. The van der Waals surface area contributed by atoms with E-state index in [0.717, 1.165) is 11.1 Å². The zero-order valence-corrected chi connectivity index (χ0v) is 15.7. The molecule has 0 saturated carbocycles. The van der Waals surface area contributed by atoms with Crippen molar-refractivity contribution in [3.63, 3.8) is 0 Å². The third-order valence-electron chi connectivity index (χ3n) is 5.11. The molecule has 0 spiro atoms. The Labute approximate surface area is 144 Å². The minimum atomic E-state index is -3.48. The summed E-state index contributed by atoms with van der Waals surface area (Å²) in [5.74, 6) is 0.454. The molecular formula is C16H24N2O4S2. The monoisotopic (exact) mass is 372 g/mol. The molecule has 8 heteroatoms. The fraction of sp³-hybridized carbons (Fsp3) is 0.625. The summed E-state index contributed by atoms with van der Waals surface area (Å²) < 4.78 is 50.3. The summed E-state index contributed by atoms with van der Waals surface area (Å²) in [4.78, 5) is 2.46. The van der Waals surface area contributed by atoms with Crippen molar-refractivity contribution in [2.24, 2.45) is 0 Å². The van der Waals surface area contributed by atoms with Crippen LogP contribution >= 0.6 is 0 Å². The molecule has 2 fully saturated rings. The van der Waals surface area contributed by atoms with E-state index in [0.29, 0.717) is 37.5 Å². The third-order valence-corrected chi connectivity index (χ3v) is 8.76. The number of nitrogens with zero attached hydrogens (tertiary/aromatic N) is 2. The van der Waals surface area contributed by atoms with Crippen LogP contribution in [0.25, 0.3) is 0 Å². The predicted molar refractivity (Wildman–Crippen MR) is 93.3 cm³/mol. The second kappa shape index (κ2) is 6.40. The van der Waals surface area contributed by atoms with Crippen LogP contribution in [0.3, 0.4) is 0 Å². The molecule has 6 nitrogen and oxygen atoms in total. The maximum Gasteiger partial charge on any atom is 0.243 e. The molecule has 0 aromatic heterocycles. The molecule has 0 radical (unpaired) electrons. The molecule has 2 aliphatic heterocycles. The van der Waals surface area contributed by atoms with Gasteiger partial charge in [0.25, 0.3) is 0 Å². The van der Waals surface area contributed by atoms with Gasteiger partial charge in [-0.1, -0.05) is 6.07 Å². The number of rotatable bonds is 3. The first kappa shape index (κ1) is 17.8. The molecule has 0 unspecified atom stereocenters. The summed E-state index contributed by atoms with van der Waals surface area (Å²) in [6.07, 6.45) is 0.659. The first-order valence-corrected chi connectivity index (χ1v) is 11.5. The zero-order chi connectivity index (χ0) is 17.5. The van der Waals surface area contributed by atoms with Crippen LogP contribution in [0, 0.1) is 13.8 Å². The molecule has 3 rings (SSSR count). The molecule has 2 aliphatic rings. The smallest absolute Gasteiger partial charge is 0.243 e. The van der Waals surface area contributed by atoms with Crippen molar-refractivity contribution in [1.29, 1.82) is 0 Å². The van der Waals surface area contributed by atoms with E-state index >= 15 is 0 Å². The van der Waals surface area contributed by atoms with Crippen molar-refractivity contribution in [2.75, 3.05) is 37.7 Å². The van der Waals surface area contributed by atoms with Gasteiger partial charge in [0.05, 0.1) is 16.4 Å². The Morgan fingerprint density at radius 2 is 1.71 bits per heavy atom. The highest BCUT2D eigenvalue weighted by Gasteiger charge is 2.36. The lowest BCUT2D eigenvalue weighted by atomic mass is 10.1. The van der Waals surface area contributed by atoms with E-state index in [1.165, 1.54) is 4.31 Å². The van der Waals surface area contributed by atoms with Gasteiger partial charge in [-0.3, -0.25) is 4.90 Å². The molecular weight excluding hydrogens is 348 g/mol. The number of benzene rings is 1. The van der Waals surface area contributed by atoms with Gasteiger partial charge in [0.2, 0.25) is 10.0 Å². The van der Waals surface area contributed by atoms with E-state index in [4.69, 9.17) is 0 Å². The van der Waals surface area contributed by atoms with Crippen LogP contribution in [-0.2, 0) is 19.9 Å². The minimum absolute atomic E-state index is 0.0430. The van der Waals surface area contributed by atoms with E-state index in [-0.39, 0.29) is 17.5 Å². The van der Waals surface area contributed by atoms with Gasteiger partial charge in [0.15, 0.2) is 9.84 Å². The first-order chi connectivity index (χ1) is 11.2. The SMILES string of the molecule is Cc1ccc(S(=O)(=O)N2CCN([C@@H]3CCS(=O)(=O)C3)CC2)cc1C. The molecule has 0 bridgehead atoms. The highest BCUT2D eigenvalue weighted by atomic mass is 32.2. The van der Waals surface area contributed by atoms with E-state index in [2.05, 4.69) is 4.90 Å². The minimum Gasteiger partial charge on any atom is -0.297 e. The second-order valence-corrected chi connectivity index (χ2v) is 10.9. The Morgan fingerprint density at radius 1 is 1.04 bits per heavy atom.